The van der Waals surface area contributed by atoms with E-state index in [1.807, 2.05) is 24.4 Å². The highest BCUT2D eigenvalue weighted by atomic mass is 35.5. The minimum absolute atomic E-state index is 0.522. The van der Waals surface area contributed by atoms with Crippen LogP contribution in [0.1, 0.15) is 11.1 Å². The van der Waals surface area contributed by atoms with Crippen LogP contribution in [0, 0.1) is 11.3 Å². The molecule has 0 bridgehead atoms. The third kappa shape index (κ3) is 3.37. The van der Waals surface area contributed by atoms with E-state index in [0.717, 1.165) is 43.9 Å². The van der Waals surface area contributed by atoms with Crippen LogP contribution < -0.4 is 4.90 Å². The second-order valence-corrected chi connectivity index (χ2v) is 6.94. The maximum atomic E-state index is 9.01. The Labute approximate surface area is 158 Å². The van der Waals surface area contributed by atoms with Crippen LogP contribution in [-0.2, 0) is 6.54 Å². The monoisotopic (exact) mass is 362 g/mol. The summed E-state index contributed by atoms with van der Waals surface area (Å²) in [4.78, 5) is 9.34. The molecule has 2 heterocycles. The molecule has 1 aliphatic heterocycles. The smallest absolute Gasteiger partial charge is 0.101 e. The van der Waals surface area contributed by atoms with Crippen LogP contribution in [0.5, 0.6) is 0 Å². The van der Waals surface area contributed by atoms with Crippen molar-refractivity contribution in [2.45, 2.75) is 6.54 Å². The van der Waals surface area contributed by atoms with Crippen molar-refractivity contribution in [2.75, 3.05) is 31.1 Å². The molecule has 0 atom stereocenters. The van der Waals surface area contributed by atoms with Gasteiger partial charge in [-0.1, -0.05) is 35.9 Å². The molecule has 0 unspecified atom stereocenters. The molecule has 0 radical (unpaired) electrons. The number of nitrogens with zero attached hydrogens (tertiary/aromatic N) is 4. The van der Waals surface area contributed by atoms with E-state index in [0.29, 0.717) is 10.6 Å². The number of para-hydroxylation sites is 1. The second kappa shape index (κ2) is 7.33. The summed E-state index contributed by atoms with van der Waals surface area (Å²) in [6.45, 7) is 4.78. The first-order valence-electron chi connectivity index (χ1n) is 8.74. The van der Waals surface area contributed by atoms with Crippen molar-refractivity contribution in [1.82, 2.24) is 9.88 Å². The molecule has 130 valence electrons. The maximum absolute atomic E-state index is 9.01. The van der Waals surface area contributed by atoms with Crippen LogP contribution in [0.2, 0.25) is 5.02 Å². The van der Waals surface area contributed by atoms with Gasteiger partial charge in [0, 0.05) is 50.0 Å². The van der Waals surface area contributed by atoms with Crippen molar-refractivity contribution in [1.29, 1.82) is 5.26 Å². The fourth-order valence-electron chi connectivity index (χ4n) is 3.49. The van der Waals surface area contributed by atoms with Crippen LogP contribution >= 0.6 is 11.6 Å². The number of halogens is 1. The molecule has 26 heavy (non-hydrogen) atoms. The van der Waals surface area contributed by atoms with Crippen molar-refractivity contribution in [3.63, 3.8) is 0 Å². The minimum Gasteiger partial charge on any atom is -0.369 e. The maximum Gasteiger partial charge on any atom is 0.101 e. The molecule has 4 nitrogen and oxygen atoms in total. The number of fused-ring (bicyclic) bond motifs is 1. The number of nitriles is 1. The SMILES string of the molecule is N#Cc1ccc(N2CCN(Cc3cccc4cccnc34)CC2)cc1Cl. The van der Waals surface area contributed by atoms with E-state index in [9.17, 15) is 0 Å². The van der Waals surface area contributed by atoms with Gasteiger partial charge in [-0.2, -0.15) is 5.26 Å². The Morgan fingerprint density at radius 3 is 2.62 bits per heavy atom. The minimum atomic E-state index is 0.522. The Bertz CT molecular complexity index is 966. The molecule has 4 rings (SSSR count). The Morgan fingerprint density at radius 1 is 1.04 bits per heavy atom. The Balaban J connectivity index is 1.44. The topological polar surface area (TPSA) is 43.2 Å². The molecule has 0 amide bonds. The molecule has 5 heteroatoms. The van der Waals surface area contributed by atoms with Gasteiger partial charge in [-0.15, -0.1) is 0 Å². The standard InChI is InChI=1S/C21H19ClN4/c22-20-13-19(7-6-17(20)14-23)26-11-9-25(10-12-26)15-18-4-1-3-16-5-2-8-24-21(16)18/h1-8,13H,9-12,15H2. The summed E-state index contributed by atoms with van der Waals surface area (Å²) >= 11 is 6.17. The summed E-state index contributed by atoms with van der Waals surface area (Å²) in [7, 11) is 0. The zero-order valence-corrected chi connectivity index (χ0v) is 15.2. The van der Waals surface area contributed by atoms with Crippen molar-refractivity contribution < 1.29 is 0 Å². The lowest BCUT2D eigenvalue weighted by atomic mass is 10.1. The highest BCUT2D eigenvalue weighted by molar-refractivity contribution is 6.32. The molecule has 2 aromatic carbocycles. The average molecular weight is 363 g/mol. The zero-order chi connectivity index (χ0) is 17.9. The Morgan fingerprint density at radius 2 is 1.85 bits per heavy atom. The molecule has 0 spiro atoms. The lowest BCUT2D eigenvalue weighted by Crippen LogP contribution is -2.46. The lowest BCUT2D eigenvalue weighted by molar-refractivity contribution is 0.250. The second-order valence-electron chi connectivity index (χ2n) is 6.53. The summed E-state index contributed by atoms with van der Waals surface area (Å²) < 4.78 is 0. The van der Waals surface area contributed by atoms with Crippen LogP contribution in [-0.4, -0.2) is 36.1 Å². The number of rotatable bonds is 3. The number of benzene rings is 2. The number of pyridine rings is 1. The number of hydrogen-bond acceptors (Lipinski definition) is 4. The van der Waals surface area contributed by atoms with Crippen LogP contribution in [0.15, 0.2) is 54.7 Å². The Hall–Kier alpha value is -2.61. The fraction of sp³-hybridized carbons (Fsp3) is 0.238. The summed E-state index contributed by atoms with van der Waals surface area (Å²) in [5.41, 5.74) is 3.98. The average Bonchev–Trinajstić information content (AvgIpc) is 2.69. The fourth-order valence-corrected chi connectivity index (χ4v) is 3.71. The van der Waals surface area contributed by atoms with Crippen molar-refractivity contribution in [3.8, 4) is 6.07 Å². The van der Waals surface area contributed by atoms with Gasteiger partial charge in [0.05, 0.1) is 16.1 Å². The zero-order valence-electron chi connectivity index (χ0n) is 14.4. The molecule has 1 aliphatic rings. The molecule has 1 saturated heterocycles. The van der Waals surface area contributed by atoms with E-state index in [-0.39, 0.29) is 0 Å². The summed E-state index contributed by atoms with van der Waals surface area (Å²) in [5, 5.41) is 10.7. The van der Waals surface area contributed by atoms with Gasteiger partial charge in [-0.05, 0) is 29.8 Å². The number of aromatic nitrogens is 1. The normalized spacial score (nSPS) is 15.2. The third-order valence-corrected chi connectivity index (χ3v) is 5.23. The van der Waals surface area contributed by atoms with Crippen molar-refractivity contribution in [2.24, 2.45) is 0 Å². The predicted octanol–water partition coefficient (Wildman–Crippen LogP) is 4.08. The molecule has 1 aromatic heterocycles. The predicted molar refractivity (Wildman–Crippen MR) is 105 cm³/mol. The summed E-state index contributed by atoms with van der Waals surface area (Å²) in [5.74, 6) is 0. The van der Waals surface area contributed by atoms with E-state index in [4.69, 9.17) is 16.9 Å². The van der Waals surface area contributed by atoms with Crippen LogP contribution in [0.4, 0.5) is 5.69 Å². The molecule has 3 aromatic rings. The first kappa shape index (κ1) is 16.8. The Kier molecular flexibility index (Phi) is 4.75. The van der Waals surface area contributed by atoms with E-state index in [2.05, 4.69) is 45.1 Å². The molecular formula is C21H19ClN4. The number of hydrogen-bond donors (Lipinski definition) is 0. The first-order chi connectivity index (χ1) is 12.7. The van der Waals surface area contributed by atoms with Crippen molar-refractivity contribution >= 4 is 28.2 Å². The summed E-state index contributed by atoms with van der Waals surface area (Å²) in [6.07, 6.45) is 1.86. The van der Waals surface area contributed by atoms with Gasteiger partial charge in [0.25, 0.3) is 0 Å². The van der Waals surface area contributed by atoms with Gasteiger partial charge in [0.1, 0.15) is 6.07 Å². The van der Waals surface area contributed by atoms with Crippen molar-refractivity contribution in [3.05, 3.63) is 70.9 Å². The lowest BCUT2D eigenvalue weighted by Gasteiger charge is -2.36. The summed E-state index contributed by atoms with van der Waals surface area (Å²) in [6, 6.07) is 18.3. The molecule has 0 N–H and O–H groups in total. The largest absolute Gasteiger partial charge is 0.369 e. The first-order valence-corrected chi connectivity index (χ1v) is 9.12. The van der Waals surface area contributed by atoms with Crippen LogP contribution in [0.25, 0.3) is 10.9 Å². The third-order valence-electron chi connectivity index (χ3n) is 4.92. The van der Waals surface area contributed by atoms with E-state index in [1.165, 1.54) is 10.9 Å². The van der Waals surface area contributed by atoms with E-state index >= 15 is 0 Å². The van der Waals surface area contributed by atoms with Gasteiger partial charge in [0.2, 0.25) is 0 Å². The van der Waals surface area contributed by atoms with E-state index < -0.39 is 0 Å². The van der Waals surface area contributed by atoms with Gasteiger partial charge in [-0.3, -0.25) is 9.88 Å². The van der Waals surface area contributed by atoms with E-state index in [1.54, 1.807) is 6.07 Å². The van der Waals surface area contributed by atoms with Gasteiger partial charge >= 0.3 is 0 Å². The highest BCUT2D eigenvalue weighted by Crippen LogP contribution is 2.25. The highest BCUT2D eigenvalue weighted by Gasteiger charge is 2.18. The number of piperazine rings is 1. The quantitative estimate of drug-likeness (QED) is 0.704. The molecular weight excluding hydrogens is 344 g/mol. The van der Waals surface area contributed by atoms with Gasteiger partial charge in [-0.25, -0.2) is 0 Å². The molecule has 0 aliphatic carbocycles. The van der Waals surface area contributed by atoms with Gasteiger partial charge < -0.3 is 4.90 Å². The van der Waals surface area contributed by atoms with Gasteiger partial charge in [0.15, 0.2) is 0 Å². The molecule has 0 saturated carbocycles. The van der Waals surface area contributed by atoms with Crippen LogP contribution in [0.3, 0.4) is 0 Å². The molecule has 1 fully saturated rings. The number of anilines is 1.